The summed E-state index contributed by atoms with van der Waals surface area (Å²) in [5, 5.41) is 8.07. The molecule has 2 aliphatic rings. The summed E-state index contributed by atoms with van der Waals surface area (Å²) in [7, 11) is -3.48. The molecule has 0 saturated carbocycles. The SMILES string of the molecule is CS(=O)(=O)c1cccc(CNc2nc(Nc3ccc(C4CCN(Cc5ccccc5N5CCC(=O)NC5=O)CC4)cc3)ncc2C(F)(F)F)c1. The second-order valence-electron chi connectivity index (χ2n) is 12.4. The number of urea groups is 1. The maximum atomic E-state index is 13.8. The maximum absolute atomic E-state index is 13.8. The predicted molar refractivity (Wildman–Crippen MR) is 183 cm³/mol. The zero-order chi connectivity index (χ0) is 35.5. The van der Waals surface area contributed by atoms with Crippen LogP contribution in [0.15, 0.2) is 83.9 Å². The topological polar surface area (TPSA) is 137 Å². The van der Waals surface area contributed by atoms with Crippen molar-refractivity contribution in [3.63, 3.8) is 0 Å². The molecule has 262 valence electrons. The zero-order valence-corrected chi connectivity index (χ0v) is 28.0. The van der Waals surface area contributed by atoms with Crippen LogP contribution in [0.3, 0.4) is 0 Å². The van der Waals surface area contributed by atoms with Crippen molar-refractivity contribution >= 4 is 44.9 Å². The van der Waals surface area contributed by atoms with Gasteiger partial charge in [0.15, 0.2) is 9.84 Å². The number of halogens is 3. The van der Waals surface area contributed by atoms with E-state index in [1.54, 1.807) is 11.0 Å². The lowest BCUT2D eigenvalue weighted by atomic mass is 9.89. The number of likely N-dealkylation sites (tertiary alicyclic amines) is 1. The molecule has 3 heterocycles. The molecule has 2 saturated heterocycles. The van der Waals surface area contributed by atoms with Gasteiger partial charge in [-0.3, -0.25) is 19.9 Å². The Hall–Kier alpha value is -5.02. The molecule has 6 rings (SSSR count). The van der Waals surface area contributed by atoms with Crippen LogP contribution in [0.25, 0.3) is 0 Å². The summed E-state index contributed by atoms with van der Waals surface area (Å²) in [4.78, 5) is 36.1. The number of sulfone groups is 1. The molecule has 2 fully saturated rings. The van der Waals surface area contributed by atoms with Gasteiger partial charge in [0, 0.05) is 49.9 Å². The molecule has 3 aromatic carbocycles. The monoisotopic (exact) mass is 707 g/mol. The second-order valence-corrected chi connectivity index (χ2v) is 14.4. The minimum atomic E-state index is -4.71. The Balaban J connectivity index is 1.07. The number of anilines is 4. The Morgan fingerprint density at radius 1 is 0.960 bits per heavy atom. The molecule has 50 heavy (non-hydrogen) atoms. The lowest BCUT2D eigenvalue weighted by Crippen LogP contribution is -2.50. The molecular formula is C35H36F3N7O4S. The first-order valence-corrected chi connectivity index (χ1v) is 18.0. The molecule has 11 nitrogen and oxygen atoms in total. The summed E-state index contributed by atoms with van der Waals surface area (Å²) < 4.78 is 65.1. The number of benzene rings is 3. The Kier molecular flexibility index (Phi) is 10.1. The van der Waals surface area contributed by atoms with Gasteiger partial charge in [0.25, 0.3) is 0 Å². The van der Waals surface area contributed by atoms with Crippen LogP contribution in [0.4, 0.5) is 41.1 Å². The molecule has 1 aromatic heterocycles. The zero-order valence-electron chi connectivity index (χ0n) is 27.2. The van der Waals surface area contributed by atoms with Crippen LogP contribution < -0.4 is 20.9 Å². The molecule has 15 heteroatoms. The number of rotatable bonds is 10. The molecule has 0 bridgehead atoms. The second kappa shape index (κ2) is 14.5. The van der Waals surface area contributed by atoms with Crippen molar-refractivity contribution in [1.82, 2.24) is 20.2 Å². The summed E-state index contributed by atoms with van der Waals surface area (Å²) in [6.45, 7) is 2.66. The number of alkyl halides is 3. The predicted octanol–water partition coefficient (Wildman–Crippen LogP) is 6.08. The number of imide groups is 1. The highest BCUT2D eigenvalue weighted by Gasteiger charge is 2.35. The first-order valence-electron chi connectivity index (χ1n) is 16.1. The van der Waals surface area contributed by atoms with Crippen molar-refractivity contribution in [3.05, 3.63) is 101 Å². The van der Waals surface area contributed by atoms with Crippen molar-refractivity contribution in [2.75, 3.05) is 41.4 Å². The number of aromatic nitrogens is 2. The molecule has 0 atom stereocenters. The van der Waals surface area contributed by atoms with E-state index < -0.39 is 33.4 Å². The first-order chi connectivity index (χ1) is 23.8. The average Bonchev–Trinajstić information content (AvgIpc) is 3.08. The van der Waals surface area contributed by atoms with E-state index in [0.29, 0.717) is 36.5 Å². The number of amides is 3. The molecule has 0 spiro atoms. The Labute approximate surface area is 287 Å². The molecule has 3 amide bonds. The highest BCUT2D eigenvalue weighted by Crippen LogP contribution is 2.35. The summed E-state index contributed by atoms with van der Waals surface area (Å²) in [5.74, 6) is -0.396. The van der Waals surface area contributed by atoms with Gasteiger partial charge in [-0.2, -0.15) is 18.2 Å². The summed E-state index contributed by atoms with van der Waals surface area (Å²) in [6, 6.07) is 21.0. The molecule has 3 N–H and O–H groups in total. The van der Waals surface area contributed by atoms with Gasteiger partial charge in [-0.1, -0.05) is 42.5 Å². The molecule has 0 aliphatic carbocycles. The fourth-order valence-electron chi connectivity index (χ4n) is 6.19. The highest BCUT2D eigenvalue weighted by atomic mass is 32.2. The number of carbonyl (C=O) groups is 2. The van der Waals surface area contributed by atoms with Crippen LogP contribution in [0.1, 0.15) is 47.4 Å². The van der Waals surface area contributed by atoms with Crippen molar-refractivity contribution in [3.8, 4) is 0 Å². The van der Waals surface area contributed by atoms with Crippen LogP contribution in [0.5, 0.6) is 0 Å². The number of hydrogen-bond donors (Lipinski definition) is 3. The van der Waals surface area contributed by atoms with Crippen LogP contribution in [0.2, 0.25) is 0 Å². The summed E-state index contributed by atoms with van der Waals surface area (Å²) >= 11 is 0. The van der Waals surface area contributed by atoms with Crippen LogP contribution in [-0.2, 0) is 33.9 Å². The van der Waals surface area contributed by atoms with Gasteiger partial charge in [-0.25, -0.2) is 18.2 Å². The van der Waals surface area contributed by atoms with Crippen molar-refractivity contribution in [1.29, 1.82) is 0 Å². The molecular weight excluding hydrogens is 671 g/mol. The van der Waals surface area contributed by atoms with Crippen molar-refractivity contribution < 1.29 is 31.2 Å². The van der Waals surface area contributed by atoms with Gasteiger partial charge in [0.2, 0.25) is 11.9 Å². The third-order valence-corrected chi connectivity index (χ3v) is 9.95. The lowest BCUT2D eigenvalue weighted by molar-refractivity contribution is -0.137. The molecule has 0 unspecified atom stereocenters. The standard InChI is InChI=1S/C35H36F3N7O4S/c1-50(48,49)28-7-4-5-23(19-28)20-39-32-29(35(36,37)38)21-40-33(43-32)41-27-11-9-24(10-12-27)25-13-16-44(17-14-25)22-26-6-2-3-8-30(26)45-18-15-31(46)42-34(45)47/h2-12,19,21,25H,13-18,20,22H2,1H3,(H,42,46,47)(H2,39,40,41,43). The van der Waals surface area contributed by atoms with Crippen molar-refractivity contribution in [2.24, 2.45) is 0 Å². The Morgan fingerprint density at radius 3 is 2.40 bits per heavy atom. The number of nitrogens with zero attached hydrogens (tertiary/aromatic N) is 4. The Morgan fingerprint density at radius 2 is 1.70 bits per heavy atom. The van der Waals surface area contributed by atoms with Crippen LogP contribution >= 0.6 is 0 Å². The lowest BCUT2D eigenvalue weighted by Gasteiger charge is -2.34. The van der Waals surface area contributed by atoms with Gasteiger partial charge in [-0.05, 0) is 78.9 Å². The van der Waals surface area contributed by atoms with E-state index in [-0.39, 0.29) is 29.7 Å². The largest absolute Gasteiger partial charge is 0.421 e. The smallest absolute Gasteiger partial charge is 0.365 e. The van der Waals surface area contributed by atoms with E-state index in [0.717, 1.165) is 49.0 Å². The van der Waals surface area contributed by atoms with Crippen molar-refractivity contribution in [2.45, 2.75) is 49.3 Å². The highest BCUT2D eigenvalue weighted by molar-refractivity contribution is 7.90. The van der Waals surface area contributed by atoms with E-state index in [9.17, 15) is 31.2 Å². The number of nitrogens with one attached hydrogen (secondary N) is 3. The molecule has 0 radical (unpaired) electrons. The van der Waals surface area contributed by atoms with Gasteiger partial charge < -0.3 is 10.6 Å². The van der Waals surface area contributed by atoms with Crippen LogP contribution in [0, 0.1) is 0 Å². The minimum absolute atomic E-state index is 0.0274. The van der Waals surface area contributed by atoms with E-state index in [1.807, 2.05) is 48.5 Å². The number of hydrogen-bond acceptors (Lipinski definition) is 9. The molecule has 2 aliphatic heterocycles. The van der Waals surface area contributed by atoms with Crippen LogP contribution in [-0.4, -0.2) is 61.1 Å². The summed E-state index contributed by atoms with van der Waals surface area (Å²) in [5.41, 5.74) is 3.03. The fraction of sp³-hybridized carbons (Fsp3) is 0.314. The average molecular weight is 708 g/mol. The van der Waals surface area contributed by atoms with Gasteiger partial charge >= 0.3 is 12.2 Å². The minimum Gasteiger partial charge on any atom is -0.365 e. The number of carbonyl (C=O) groups excluding carboxylic acids is 2. The van der Waals surface area contributed by atoms with E-state index in [2.05, 4.69) is 30.8 Å². The van der Waals surface area contributed by atoms with E-state index in [4.69, 9.17) is 0 Å². The van der Waals surface area contributed by atoms with Gasteiger partial charge in [0.1, 0.15) is 11.4 Å². The van der Waals surface area contributed by atoms with E-state index in [1.165, 1.54) is 18.2 Å². The maximum Gasteiger partial charge on any atom is 0.421 e. The fourth-order valence-corrected chi connectivity index (χ4v) is 6.88. The van der Waals surface area contributed by atoms with Gasteiger partial charge in [0.05, 0.1) is 4.90 Å². The van der Waals surface area contributed by atoms with E-state index >= 15 is 0 Å². The normalized spacial score (nSPS) is 16.3. The summed E-state index contributed by atoms with van der Waals surface area (Å²) in [6.07, 6.45) is -0.806. The van der Waals surface area contributed by atoms with Gasteiger partial charge in [-0.15, -0.1) is 0 Å². The number of para-hydroxylation sites is 1. The quantitative estimate of drug-likeness (QED) is 0.179. The third kappa shape index (κ3) is 8.40. The first kappa shape index (κ1) is 34.8. The molecule has 4 aromatic rings. The third-order valence-electron chi connectivity index (χ3n) is 8.84. The Bertz CT molecular complexity index is 1980. The number of piperidine rings is 1.